The van der Waals surface area contributed by atoms with Crippen molar-refractivity contribution in [1.29, 1.82) is 0 Å². The van der Waals surface area contributed by atoms with Gasteiger partial charge in [-0.2, -0.15) is 4.31 Å². The number of hydrogen-bond donors (Lipinski definition) is 1. The van der Waals surface area contributed by atoms with Gasteiger partial charge in [0, 0.05) is 32.9 Å². The third-order valence-electron chi connectivity index (χ3n) is 5.07. The summed E-state index contributed by atoms with van der Waals surface area (Å²) in [6.07, 6.45) is 0.928. The molecule has 2 aromatic rings. The predicted molar refractivity (Wildman–Crippen MR) is 135 cm³/mol. The third kappa shape index (κ3) is 6.79. The van der Waals surface area contributed by atoms with E-state index >= 15 is 0 Å². The van der Waals surface area contributed by atoms with Gasteiger partial charge in [-0.05, 0) is 48.5 Å². The van der Waals surface area contributed by atoms with Gasteiger partial charge in [0.2, 0.25) is 36.0 Å². The first-order valence-corrected chi connectivity index (χ1v) is 15.3. The molecule has 2 aromatic carbocycles. The molecule has 0 saturated heterocycles. The summed E-state index contributed by atoms with van der Waals surface area (Å²) in [5.41, 5.74) is 0.399. The van der Waals surface area contributed by atoms with Crippen LogP contribution in [0.15, 0.2) is 58.3 Å². The Bertz CT molecular complexity index is 1350. The lowest BCUT2D eigenvalue weighted by molar-refractivity contribution is -0.114. The van der Waals surface area contributed by atoms with Gasteiger partial charge in [0.25, 0.3) is 0 Å². The average Bonchev–Trinajstić information content (AvgIpc) is 2.77. The molecule has 0 spiro atoms. The van der Waals surface area contributed by atoms with Crippen molar-refractivity contribution in [2.24, 2.45) is 0 Å². The van der Waals surface area contributed by atoms with E-state index in [1.807, 2.05) is 0 Å². The van der Waals surface area contributed by atoms with Crippen LogP contribution in [-0.4, -0.2) is 79.8 Å². The number of rotatable bonds is 11. The molecule has 0 aliphatic rings. The summed E-state index contributed by atoms with van der Waals surface area (Å²) >= 11 is 0. The summed E-state index contributed by atoms with van der Waals surface area (Å²) in [4.78, 5) is 12.6. The molecule has 2 rings (SSSR count). The molecule has 194 valence electrons. The maximum atomic E-state index is 12.6. The van der Waals surface area contributed by atoms with E-state index in [1.165, 1.54) is 66.9 Å². The smallest absolute Gasteiger partial charge is 0.245 e. The molecule has 0 atom stereocenters. The van der Waals surface area contributed by atoms with Crippen LogP contribution in [0.25, 0.3) is 0 Å². The van der Waals surface area contributed by atoms with Gasteiger partial charge >= 0.3 is 0 Å². The zero-order chi connectivity index (χ0) is 26.6. The highest BCUT2D eigenvalue weighted by molar-refractivity contribution is 7.92. The maximum absolute atomic E-state index is 12.6. The second kappa shape index (κ2) is 11.0. The Morgan fingerprint density at radius 1 is 0.771 bits per heavy atom. The summed E-state index contributed by atoms with van der Waals surface area (Å²) in [6, 6.07) is 10.7. The zero-order valence-electron chi connectivity index (χ0n) is 20.2. The first-order valence-electron chi connectivity index (χ1n) is 10.5. The van der Waals surface area contributed by atoms with Gasteiger partial charge in [0.1, 0.15) is 6.54 Å². The van der Waals surface area contributed by atoms with Crippen LogP contribution >= 0.6 is 0 Å². The molecule has 11 nitrogen and oxygen atoms in total. The number of hydrogen-bond acceptors (Lipinski definition) is 7. The van der Waals surface area contributed by atoms with Crippen LogP contribution in [0, 0.1) is 0 Å². The lowest BCUT2D eigenvalue weighted by Gasteiger charge is -2.22. The quantitative estimate of drug-likeness (QED) is 0.449. The molecule has 0 saturated carbocycles. The Morgan fingerprint density at radius 2 is 1.23 bits per heavy atom. The van der Waals surface area contributed by atoms with Crippen molar-refractivity contribution in [3.63, 3.8) is 0 Å². The molecule has 0 radical (unpaired) electrons. The minimum absolute atomic E-state index is 0.0242. The lowest BCUT2D eigenvalue weighted by Crippen LogP contribution is -2.37. The molecule has 0 aliphatic heterocycles. The molecule has 0 fully saturated rings. The van der Waals surface area contributed by atoms with Crippen molar-refractivity contribution in [3.05, 3.63) is 48.5 Å². The Kier molecular flexibility index (Phi) is 9.05. The van der Waals surface area contributed by atoms with E-state index in [1.54, 1.807) is 13.8 Å². The van der Waals surface area contributed by atoms with E-state index in [9.17, 15) is 30.0 Å². The van der Waals surface area contributed by atoms with Crippen LogP contribution in [0.2, 0.25) is 0 Å². The van der Waals surface area contributed by atoms with Crippen molar-refractivity contribution < 1.29 is 30.0 Å². The molecule has 0 unspecified atom stereocenters. The van der Waals surface area contributed by atoms with Crippen LogP contribution in [0.4, 0.5) is 11.4 Å². The number of benzene rings is 2. The van der Waals surface area contributed by atoms with Gasteiger partial charge in [-0.1, -0.05) is 13.8 Å². The van der Waals surface area contributed by atoms with Crippen LogP contribution in [0.3, 0.4) is 0 Å². The molecular formula is C21H30N4O7S3. The molecule has 0 aliphatic carbocycles. The number of sulfonamides is 3. The van der Waals surface area contributed by atoms with E-state index < -0.39 is 42.5 Å². The Balaban J connectivity index is 2.22. The second-order valence-electron chi connectivity index (χ2n) is 7.71. The highest BCUT2D eigenvalue weighted by atomic mass is 32.2. The number of anilines is 2. The fourth-order valence-corrected chi connectivity index (χ4v) is 6.37. The van der Waals surface area contributed by atoms with Gasteiger partial charge < -0.3 is 5.32 Å². The Labute approximate surface area is 207 Å². The summed E-state index contributed by atoms with van der Waals surface area (Å²) in [5.74, 6) is -0.667. The van der Waals surface area contributed by atoms with Gasteiger partial charge in [-0.15, -0.1) is 0 Å². The highest BCUT2D eigenvalue weighted by Gasteiger charge is 2.24. The van der Waals surface area contributed by atoms with Crippen molar-refractivity contribution in [2.45, 2.75) is 23.6 Å². The first kappa shape index (κ1) is 28.7. The predicted octanol–water partition coefficient (Wildman–Crippen LogP) is 1.37. The monoisotopic (exact) mass is 546 g/mol. The Hall–Kier alpha value is -2.52. The van der Waals surface area contributed by atoms with Crippen molar-refractivity contribution in [2.75, 3.05) is 49.6 Å². The standard InChI is InChI=1S/C21H30N4O7S3/c1-6-24(7-2)35(31,32)20-12-8-17(9-13-20)22-21(26)16-25(33(5,27)28)18-10-14-19(15-11-18)34(29,30)23(3)4/h8-15H,6-7,16H2,1-5H3,(H,22,26). The van der Waals surface area contributed by atoms with E-state index in [0.29, 0.717) is 13.1 Å². The van der Waals surface area contributed by atoms with Gasteiger partial charge in [0.15, 0.2) is 0 Å². The van der Waals surface area contributed by atoms with Crippen LogP contribution in [0.5, 0.6) is 0 Å². The largest absolute Gasteiger partial charge is 0.325 e. The fourth-order valence-electron chi connectivity index (χ4n) is 3.15. The molecule has 14 heteroatoms. The topological polar surface area (TPSA) is 141 Å². The van der Waals surface area contributed by atoms with Crippen molar-refractivity contribution in [3.8, 4) is 0 Å². The van der Waals surface area contributed by atoms with Gasteiger partial charge in [-0.3, -0.25) is 9.10 Å². The summed E-state index contributed by atoms with van der Waals surface area (Å²) in [6.45, 7) is 3.54. The van der Waals surface area contributed by atoms with E-state index in [0.717, 1.165) is 14.9 Å². The average molecular weight is 547 g/mol. The van der Waals surface area contributed by atoms with E-state index in [-0.39, 0.29) is 21.2 Å². The number of amides is 1. The van der Waals surface area contributed by atoms with Gasteiger partial charge in [-0.25, -0.2) is 29.6 Å². The maximum Gasteiger partial charge on any atom is 0.245 e. The number of nitrogens with one attached hydrogen (secondary N) is 1. The molecule has 0 heterocycles. The zero-order valence-corrected chi connectivity index (χ0v) is 22.6. The van der Waals surface area contributed by atoms with Crippen LogP contribution in [-0.2, 0) is 34.9 Å². The molecule has 1 N–H and O–H groups in total. The van der Waals surface area contributed by atoms with Gasteiger partial charge in [0.05, 0.1) is 21.7 Å². The number of carbonyl (C=O) groups excluding carboxylic acids is 1. The molecule has 0 aromatic heterocycles. The minimum atomic E-state index is -3.88. The molecule has 0 bridgehead atoms. The third-order valence-corrected chi connectivity index (χ3v) is 10.1. The lowest BCUT2D eigenvalue weighted by atomic mass is 10.3. The van der Waals surface area contributed by atoms with Crippen LogP contribution < -0.4 is 9.62 Å². The minimum Gasteiger partial charge on any atom is -0.325 e. The second-order valence-corrected chi connectivity index (χ2v) is 13.7. The fraction of sp³-hybridized carbons (Fsp3) is 0.381. The molecular weight excluding hydrogens is 516 g/mol. The summed E-state index contributed by atoms with van der Waals surface area (Å²) < 4.78 is 77.5. The summed E-state index contributed by atoms with van der Waals surface area (Å²) in [7, 11) is -8.48. The van der Waals surface area contributed by atoms with Crippen molar-refractivity contribution in [1.82, 2.24) is 8.61 Å². The highest BCUT2D eigenvalue weighted by Crippen LogP contribution is 2.22. The van der Waals surface area contributed by atoms with E-state index in [4.69, 9.17) is 0 Å². The normalized spacial score (nSPS) is 12.7. The SMILES string of the molecule is CCN(CC)S(=O)(=O)c1ccc(NC(=O)CN(c2ccc(S(=O)(=O)N(C)C)cc2)S(C)(=O)=O)cc1. The van der Waals surface area contributed by atoms with E-state index in [2.05, 4.69) is 5.32 Å². The summed E-state index contributed by atoms with van der Waals surface area (Å²) in [5, 5.41) is 2.54. The first-order chi connectivity index (χ1) is 16.1. The number of nitrogens with zero attached hydrogens (tertiary/aromatic N) is 3. The number of carbonyl (C=O) groups is 1. The molecule has 1 amide bonds. The Morgan fingerprint density at radius 3 is 1.66 bits per heavy atom. The molecule has 35 heavy (non-hydrogen) atoms. The van der Waals surface area contributed by atoms with Crippen LogP contribution in [0.1, 0.15) is 13.8 Å². The van der Waals surface area contributed by atoms with Crippen molar-refractivity contribution >= 4 is 47.4 Å².